The summed E-state index contributed by atoms with van der Waals surface area (Å²) in [7, 11) is 0. The van der Waals surface area contributed by atoms with E-state index >= 15 is 0 Å². The maximum Gasteiger partial charge on any atom is 0.264 e. The summed E-state index contributed by atoms with van der Waals surface area (Å²) in [5.74, 6) is 0.172. The van der Waals surface area contributed by atoms with Gasteiger partial charge >= 0.3 is 0 Å². The molecule has 6 heteroatoms. The summed E-state index contributed by atoms with van der Waals surface area (Å²) in [6, 6.07) is 12.8. The number of hydrogen-bond donors (Lipinski definition) is 2. The zero-order valence-electron chi connectivity index (χ0n) is 16.1. The maximum atomic E-state index is 13.3. The second-order valence-corrected chi connectivity index (χ2v) is 9.10. The first-order valence-electron chi connectivity index (χ1n) is 10.3. The van der Waals surface area contributed by atoms with Crippen LogP contribution in [0.25, 0.3) is 0 Å². The van der Waals surface area contributed by atoms with Gasteiger partial charge in [0.2, 0.25) is 0 Å². The van der Waals surface area contributed by atoms with Crippen molar-refractivity contribution < 1.29 is 9.53 Å². The Morgan fingerprint density at radius 1 is 1.18 bits per heavy atom. The first-order chi connectivity index (χ1) is 13.8. The van der Waals surface area contributed by atoms with Gasteiger partial charge in [-0.15, -0.1) is 11.3 Å². The predicted octanol–water partition coefficient (Wildman–Crippen LogP) is 2.69. The fourth-order valence-electron chi connectivity index (χ4n) is 4.77. The highest BCUT2D eigenvalue weighted by atomic mass is 32.1. The van der Waals surface area contributed by atoms with E-state index < -0.39 is 0 Å². The number of piperazine rings is 1. The topological polar surface area (TPSA) is 53.6 Å². The van der Waals surface area contributed by atoms with Crippen molar-refractivity contribution in [3.8, 4) is 0 Å². The Balaban J connectivity index is 1.37. The number of rotatable bonds is 2. The molecule has 1 aromatic heterocycles. The van der Waals surface area contributed by atoms with Crippen molar-refractivity contribution in [2.75, 3.05) is 39.3 Å². The van der Waals surface area contributed by atoms with Crippen molar-refractivity contribution in [3.05, 3.63) is 57.3 Å². The largest absolute Gasteiger partial charge is 0.370 e. The third-order valence-corrected chi connectivity index (χ3v) is 7.48. The zero-order valence-corrected chi connectivity index (χ0v) is 16.9. The summed E-state index contributed by atoms with van der Waals surface area (Å²) in [6.07, 6.45) is 2.92. The molecule has 5 rings (SSSR count). The minimum absolute atomic E-state index is 0.172. The third kappa shape index (κ3) is 3.28. The molecular weight excluding hydrogens is 370 g/mol. The first-order valence-corrected chi connectivity index (χ1v) is 11.1. The van der Waals surface area contributed by atoms with Crippen LogP contribution in [-0.2, 0) is 16.8 Å². The highest BCUT2D eigenvalue weighted by Gasteiger charge is 2.41. The van der Waals surface area contributed by atoms with E-state index in [1.165, 1.54) is 16.0 Å². The summed E-state index contributed by atoms with van der Waals surface area (Å²) in [5.41, 5.74) is 2.35. The number of benzene rings is 1. The molecule has 0 radical (unpaired) electrons. The number of ether oxygens (including phenoxy) is 1. The highest BCUT2D eigenvalue weighted by Crippen LogP contribution is 2.43. The summed E-state index contributed by atoms with van der Waals surface area (Å²) < 4.78 is 6.28. The van der Waals surface area contributed by atoms with Gasteiger partial charge < -0.3 is 20.3 Å². The minimum atomic E-state index is -0.177. The standard InChI is InChI=1S/C22H27N3O2S/c26-21(25-12-11-24-18(15-25)16-4-2-1-3-5-16)20-14-17-19(28-20)6-13-27-22(17)7-9-23-10-8-22/h1-5,14,18,23-24H,6-13,15H2. The molecule has 1 atom stereocenters. The Labute approximate surface area is 170 Å². The van der Waals surface area contributed by atoms with Crippen LogP contribution in [-0.4, -0.2) is 50.1 Å². The van der Waals surface area contributed by atoms with Gasteiger partial charge in [-0.1, -0.05) is 30.3 Å². The van der Waals surface area contributed by atoms with Crippen molar-refractivity contribution in [2.45, 2.75) is 30.9 Å². The lowest BCUT2D eigenvalue weighted by atomic mass is 9.83. The molecule has 1 unspecified atom stereocenters. The summed E-state index contributed by atoms with van der Waals surface area (Å²) in [4.78, 5) is 17.6. The molecule has 1 aromatic carbocycles. The fourth-order valence-corrected chi connectivity index (χ4v) is 5.96. The average molecular weight is 398 g/mol. The second-order valence-electron chi connectivity index (χ2n) is 7.96. The van der Waals surface area contributed by atoms with E-state index in [-0.39, 0.29) is 17.6 Å². The predicted molar refractivity (Wildman–Crippen MR) is 111 cm³/mol. The van der Waals surface area contributed by atoms with Crippen molar-refractivity contribution >= 4 is 17.2 Å². The van der Waals surface area contributed by atoms with Gasteiger partial charge in [-0.3, -0.25) is 4.79 Å². The summed E-state index contributed by atoms with van der Waals surface area (Å²) in [5, 5.41) is 6.98. The molecule has 0 bridgehead atoms. The van der Waals surface area contributed by atoms with E-state index in [0.717, 1.165) is 63.5 Å². The van der Waals surface area contributed by atoms with Crippen LogP contribution in [0.5, 0.6) is 0 Å². The quantitative estimate of drug-likeness (QED) is 0.818. The van der Waals surface area contributed by atoms with E-state index in [1.54, 1.807) is 11.3 Å². The van der Waals surface area contributed by atoms with E-state index in [9.17, 15) is 4.79 Å². The SMILES string of the molecule is O=C(c1cc2c(s1)CCOC21CCNCC1)N1CCNC(c2ccccc2)C1. The van der Waals surface area contributed by atoms with Gasteiger partial charge in [0.25, 0.3) is 5.91 Å². The van der Waals surface area contributed by atoms with Gasteiger partial charge in [0.1, 0.15) is 0 Å². The Morgan fingerprint density at radius 2 is 2.00 bits per heavy atom. The van der Waals surface area contributed by atoms with Gasteiger partial charge in [0.15, 0.2) is 0 Å². The molecule has 1 amide bonds. The zero-order chi connectivity index (χ0) is 19.0. The first kappa shape index (κ1) is 18.3. The molecule has 4 heterocycles. The third-order valence-electron chi connectivity index (χ3n) is 6.29. The maximum absolute atomic E-state index is 13.3. The Hall–Kier alpha value is -1.73. The molecule has 2 N–H and O–H groups in total. The van der Waals surface area contributed by atoms with Crippen LogP contribution >= 0.6 is 11.3 Å². The summed E-state index contributed by atoms with van der Waals surface area (Å²) in [6.45, 7) is 5.04. The molecule has 3 aliphatic heterocycles. The lowest BCUT2D eigenvalue weighted by Gasteiger charge is -2.40. The van der Waals surface area contributed by atoms with Crippen LogP contribution in [0.3, 0.4) is 0 Å². The number of carbonyl (C=O) groups is 1. The molecule has 148 valence electrons. The molecule has 3 aliphatic rings. The highest BCUT2D eigenvalue weighted by molar-refractivity contribution is 7.14. The van der Waals surface area contributed by atoms with Crippen molar-refractivity contribution in [1.29, 1.82) is 0 Å². The number of thiophene rings is 1. The molecule has 0 aliphatic carbocycles. The molecule has 5 nitrogen and oxygen atoms in total. The smallest absolute Gasteiger partial charge is 0.264 e. The Bertz CT molecular complexity index is 845. The van der Waals surface area contributed by atoms with Crippen LogP contribution < -0.4 is 10.6 Å². The van der Waals surface area contributed by atoms with Gasteiger partial charge in [-0.25, -0.2) is 0 Å². The molecule has 0 saturated carbocycles. The van der Waals surface area contributed by atoms with Gasteiger partial charge in [-0.05, 0) is 43.1 Å². The van der Waals surface area contributed by atoms with Crippen LogP contribution in [0.15, 0.2) is 36.4 Å². The van der Waals surface area contributed by atoms with Gasteiger partial charge in [-0.2, -0.15) is 0 Å². The second kappa shape index (κ2) is 7.59. The minimum Gasteiger partial charge on any atom is -0.370 e. The number of piperidine rings is 1. The van der Waals surface area contributed by atoms with E-state index in [4.69, 9.17) is 4.74 Å². The number of amides is 1. The molecule has 28 heavy (non-hydrogen) atoms. The number of carbonyl (C=O) groups excluding carboxylic acids is 1. The molecule has 1 spiro atoms. The summed E-state index contributed by atoms with van der Waals surface area (Å²) >= 11 is 1.69. The number of hydrogen-bond acceptors (Lipinski definition) is 5. The molecule has 2 saturated heterocycles. The van der Waals surface area contributed by atoms with Crippen molar-refractivity contribution in [1.82, 2.24) is 15.5 Å². The van der Waals surface area contributed by atoms with E-state index in [1.807, 2.05) is 11.0 Å². The van der Waals surface area contributed by atoms with E-state index in [2.05, 4.69) is 41.0 Å². The number of nitrogens with zero attached hydrogens (tertiary/aromatic N) is 1. The normalized spacial score (nSPS) is 24.1. The Kier molecular flexibility index (Phi) is 4.97. The Morgan fingerprint density at radius 3 is 2.82 bits per heavy atom. The fraction of sp³-hybridized carbons (Fsp3) is 0.500. The average Bonchev–Trinajstić information content (AvgIpc) is 3.21. The molecule has 2 aromatic rings. The number of nitrogens with one attached hydrogen (secondary N) is 2. The molecule has 2 fully saturated rings. The van der Waals surface area contributed by atoms with E-state index in [0.29, 0.717) is 0 Å². The van der Waals surface area contributed by atoms with Crippen LogP contribution in [0.2, 0.25) is 0 Å². The van der Waals surface area contributed by atoms with Gasteiger partial charge in [0.05, 0.1) is 17.1 Å². The monoisotopic (exact) mass is 397 g/mol. The van der Waals surface area contributed by atoms with Crippen LogP contribution in [0.1, 0.15) is 44.6 Å². The van der Waals surface area contributed by atoms with Crippen molar-refractivity contribution in [3.63, 3.8) is 0 Å². The molecular formula is C22H27N3O2S. The van der Waals surface area contributed by atoms with Gasteiger partial charge in [0, 0.05) is 37.0 Å². The number of fused-ring (bicyclic) bond motifs is 2. The lowest BCUT2D eigenvalue weighted by molar-refractivity contribution is -0.0792. The van der Waals surface area contributed by atoms with Crippen molar-refractivity contribution in [2.24, 2.45) is 0 Å². The lowest BCUT2D eigenvalue weighted by Crippen LogP contribution is -2.48. The van der Waals surface area contributed by atoms with Crippen LogP contribution in [0.4, 0.5) is 0 Å². The van der Waals surface area contributed by atoms with Crippen LogP contribution in [0, 0.1) is 0 Å².